The van der Waals surface area contributed by atoms with Gasteiger partial charge in [0.05, 0.1) is 16.6 Å². The molecule has 0 unspecified atom stereocenters. The Morgan fingerprint density at radius 1 is 1.10 bits per heavy atom. The van der Waals surface area contributed by atoms with E-state index >= 15 is 0 Å². The van der Waals surface area contributed by atoms with Gasteiger partial charge in [0.1, 0.15) is 18.2 Å². The molecule has 8 heteroatoms. The molecule has 0 saturated heterocycles. The molecule has 6 nitrogen and oxygen atoms in total. The van der Waals surface area contributed by atoms with Gasteiger partial charge in [-0.15, -0.1) is 0 Å². The van der Waals surface area contributed by atoms with Gasteiger partial charge in [0.25, 0.3) is 5.56 Å². The standard InChI is InChI=1S/C21H21F2N3O3/c1-12(2)10-24-19(27)11-25-17-6-4-13(3)8-15(17)20(28)26(21(25)29)18-7-5-14(22)9-16(18)23/h4-9,12H,10-11H2,1-3H3,(H,24,27). The topological polar surface area (TPSA) is 73.1 Å². The smallest absolute Gasteiger partial charge is 0.336 e. The van der Waals surface area contributed by atoms with Crippen LogP contribution in [0.25, 0.3) is 16.6 Å². The Kier molecular flexibility index (Phi) is 5.63. The van der Waals surface area contributed by atoms with E-state index in [-0.39, 0.29) is 29.1 Å². The molecule has 1 heterocycles. The van der Waals surface area contributed by atoms with Gasteiger partial charge >= 0.3 is 5.69 Å². The van der Waals surface area contributed by atoms with E-state index in [1.807, 2.05) is 13.8 Å². The zero-order valence-electron chi connectivity index (χ0n) is 16.3. The molecule has 3 aromatic rings. The summed E-state index contributed by atoms with van der Waals surface area (Å²) in [5, 5.41) is 2.87. The van der Waals surface area contributed by atoms with Gasteiger partial charge in [-0.1, -0.05) is 25.5 Å². The van der Waals surface area contributed by atoms with Gasteiger partial charge in [-0.3, -0.25) is 14.2 Å². The molecule has 1 aromatic heterocycles. The predicted molar refractivity (Wildman–Crippen MR) is 106 cm³/mol. The van der Waals surface area contributed by atoms with E-state index in [4.69, 9.17) is 0 Å². The summed E-state index contributed by atoms with van der Waals surface area (Å²) in [6.45, 7) is 5.72. The van der Waals surface area contributed by atoms with E-state index in [1.165, 1.54) is 0 Å². The molecule has 3 rings (SSSR count). The molecule has 0 aliphatic heterocycles. The molecule has 0 bridgehead atoms. The molecule has 152 valence electrons. The number of halogens is 2. The highest BCUT2D eigenvalue weighted by Gasteiger charge is 2.19. The summed E-state index contributed by atoms with van der Waals surface area (Å²) < 4.78 is 29.4. The highest BCUT2D eigenvalue weighted by molar-refractivity contribution is 5.82. The van der Waals surface area contributed by atoms with Crippen molar-refractivity contribution in [1.29, 1.82) is 0 Å². The quantitative estimate of drug-likeness (QED) is 0.714. The lowest BCUT2D eigenvalue weighted by Crippen LogP contribution is -2.42. The molecule has 0 spiro atoms. The first kappa shape index (κ1) is 20.4. The van der Waals surface area contributed by atoms with E-state index < -0.39 is 28.8 Å². The third-order valence-electron chi connectivity index (χ3n) is 4.46. The number of amides is 1. The molecular weight excluding hydrogens is 380 g/mol. The van der Waals surface area contributed by atoms with Crippen molar-refractivity contribution in [2.24, 2.45) is 5.92 Å². The Balaban J connectivity index is 2.26. The van der Waals surface area contributed by atoms with Gasteiger partial charge in [-0.2, -0.15) is 0 Å². The van der Waals surface area contributed by atoms with Gasteiger partial charge < -0.3 is 5.32 Å². The molecule has 0 fully saturated rings. The zero-order chi connectivity index (χ0) is 21.3. The number of rotatable bonds is 5. The fourth-order valence-corrected chi connectivity index (χ4v) is 3.03. The van der Waals surface area contributed by atoms with E-state index in [0.29, 0.717) is 17.2 Å². The molecule has 0 radical (unpaired) electrons. The Labute approximate surface area is 165 Å². The molecule has 2 aromatic carbocycles. The largest absolute Gasteiger partial charge is 0.354 e. The Morgan fingerprint density at radius 3 is 2.48 bits per heavy atom. The van der Waals surface area contributed by atoms with Crippen LogP contribution in [0.2, 0.25) is 0 Å². The number of aryl methyl sites for hydroxylation is 1. The number of nitrogens with one attached hydrogen (secondary N) is 1. The SMILES string of the molecule is Cc1ccc2c(c1)c(=O)n(-c1ccc(F)cc1F)c(=O)n2CC(=O)NCC(C)C. The molecule has 1 N–H and O–H groups in total. The van der Waals surface area contributed by atoms with E-state index in [9.17, 15) is 23.2 Å². The zero-order valence-corrected chi connectivity index (χ0v) is 16.3. The van der Waals surface area contributed by atoms with Gasteiger partial charge in [0, 0.05) is 12.6 Å². The van der Waals surface area contributed by atoms with Crippen LogP contribution in [-0.2, 0) is 11.3 Å². The van der Waals surface area contributed by atoms with Crippen LogP contribution in [0.1, 0.15) is 19.4 Å². The minimum atomic E-state index is -1.05. The maximum Gasteiger partial charge on any atom is 0.336 e. The second kappa shape index (κ2) is 7.98. The van der Waals surface area contributed by atoms with Gasteiger partial charge in [0.15, 0.2) is 0 Å². The number of hydrogen-bond acceptors (Lipinski definition) is 3. The summed E-state index contributed by atoms with van der Waals surface area (Å²) >= 11 is 0. The average molecular weight is 401 g/mol. The number of hydrogen-bond donors (Lipinski definition) is 1. The van der Waals surface area contributed by atoms with Crippen LogP contribution in [-0.4, -0.2) is 21.6 Å². The molecule has 1 amide bonds. The Bertz CT molecular complexity index is 1210. The first-order valence-corrected chi connectivity index (χ1v) is 9.17. The van der Waals surface area contributed by atoms with Crippen molar-refractivity contribution >= 4 is 16.8 Å². The molecule has 0 saturated carbocycles. The summed E-state index contributed by atoms with van der Waals surface area (Å²) in [4.78, 5) is 38.4. The van der Waals surface area contributed by atoms with E-state index in [0.717, 1.165) is 22.3 Å². The second-order valence-corrected chi connectivity index (χ2v) is 7.32. The van der Waals surface area contributed by atoms with Crippen molar-refractivity contribution in [2.45, 2.75) is 27.3 Å². The van der Waals surface area contributed by atoms with Crippen LogP contribution in [0.4, 0.5) is 8.78 Å². The van der Waals surface area contributed by atoms with E-state index in [2.05, 4.69) is 5.32 Å². The lowest BCUT2D eigenvalue weighted by molar-refractivity contribution is -0.121. The summed E-state index contributed by atoms with van der Waals surface area (Å²) in [5.74, 6) is -2.07. The molecule has 29 heavy (non-hydrogen) atoms. The fraction of sp³-hybridized carbons (Fsp3) is 0.286. The second-order valence-electron chi connectivity index (χ2n) is 7.32. The highest BCUT2D eigenvalue weighted by Crippen LogP contribution is 2.15. The van der Waals surface area contributed by atoms with Crippen LogP contribution < -0.4 is 16.6 Å². The van der Waals surface area contributed by atoms with Crippen LogP contribution in [0.15, 0.2) is 46.0 Å². The predicted octanol–water partition coefficient (Wildman–Crippen LogP) is 2.51. The summed E-state index contributed by atoms with van der Waals surface area (Å²) in [6.07, 6.45) is 0. The maximum absolute atomic E-state index is 14.4. The van der Waals surface area contributed by atoms with Gasteiger partial charge in [-0.05, 0) is 37.1 Å². The number of carbonyl (C=O) groups excluding carboxylic acids is 1. The Morgan fingerprint density at radius 2 is 1.83 bits per heavy atom. The van der Waals surface area contributed by atoms with Crippen molar-refractivity contribution in [3.63, 3.8) is 0 Å². The van der Waals surface area contributed by atoms with Crippen LogP contribution in [0.5, 0.6) is 0 Å². The third kappa shape index (κ3) is 4.11. The summed E-state index contributed by atoms with van der Waals surface area (Å²) in [7, 11) is 0. The van der Waals surface area contributed by atoms with Crippen LogP contribution in [0, 0.1) is 24.5 Å². The van der Waals surface area contributed by atoms with Crippen molar-refractivity contribution in [3.05, 3.63) is 74.4 Å². The minimum absolute atomic E-state index is 0.157. The normalized spacial score (nSPS) is 11.2. The minimum Gasteiger partial charge on any atom is -0.354 e. The number of aromatic nitrogens is 2. The number of carbonyl (C=O) groups is 1. The van der Waals surface area contributed by atoms with Gasteiger partial charge in [0.2, 0.25) is 5.91 Å². The maximum atomic E-state index is 14.4. The first-order valence-electron chi connectivity index (χ1n) is 9.17. The van der Waals surface area contributed by atoms with Crippen LogP contribution >= 0.6 is 0 Å². The van der Waals surface area contributed by atoms with Crippen molar-refractivity contribution in [2.75, 3.05) is 6.54 Å². The first-order chi connectivity index (χ1) is 13.7. The number of nitrogens with zero attached hydrogens (tertiary/aromatic N) is 2. The van der Waals surface area contributed by atoms with Crippen molar-refractivity contribution < 1.29 is 13.6 Å². The third-order valence-corrected chi connectivity index (χ3v) is 4.46. The Hall–Kier alpha value is -3.29. The summed E-state index contributed by atoms with van der Waals surface area (Å²) in [6, 6.07) is 7.45. The molecular formula is C21H21F2N3O3. The molecule has 0 aliphatic rings. The number of benzene rings is 2. The van der Waals surface area contributed by atoms with Crippen molar-refractivity contribution in [1.82, 2.24) is 14.5 Å². The summed E-state index contributed by atoms with van der Waals surface area (Å²) in [5.41, 5.74) is -0.963. The number of fused-ring (bicyclic) bond motifs is 1. The fourth-order valence-electron chi connectivity index (χ4n) is 3.03. The lowest BCUT2D eigenvalue weighted by Gasteiger charge is -2.15. The lowest BCUT2D eigenvalue weighted by atomic mass is 10.1. The molecule has 0 atom stereocenters. The van der Waals surface area contributed by atoms with Crippen molar-refractivity contribution in [3.8, 4) is 5.69 Å². The van der Waals surface area contributed by atoms with E-state index in [1.54, 1.807) is 25.1 Å². The molecule has 0 aliphatic carbocycles. The monoisotopic (exact) mass is 401 g/mol. The van der Waals surface area contributed by atoms with Crippen LogP contribution in [0.3, 0.4) is 0 Å². The average Bonchev–Trinajstić information content (AvgIpc) is 2.65. The highest BCUT2D eigenvalue weighted by atomic mass is 19.1. The van der Waals surface area contributed by atoms with Gasteiger partial charge in [-0.25, -0.2) is 18.1 Å².